The predicted octanol–water partition coefficient (Wildman–Crippen LogP) is 1.52. The summed E-state index contributed by atoms with van der Waals surface area (Å²) in [5.41, 5.74) is -5.66. The molecule has 0 unspecified atom stereocenters. The zero-order valence-electron chi connectivity index (χ0n) is 11.6. The highest BCUT2D eigenvalue weighted by Gasteiger charge is 2.48. The molecule has 0 aromatic heterocycles. The first-order valence-corrected chi connectivity index (χ1v) is 7.89. The first kappa shape index (κ1) is 17.5. The van der Waals surface area contributed by atoms with Crippen LogP contribution in [0.5, 0.6) is 5.75 Å². The van der Waals surface area contributed by atoms with E-state index in [9.17, 15) is 30.8 Å². The number of amides is 1. The predicted molar refractivity (Wildman–Crippen MR) is 70.1 cm³/mol. The van der Waals surface area contributed by atoms with Gasteiger partial charge in [-0.3, -0.25) is 0 Å². The Morgan fingerprint density at radius 2 is 1.83 bits per heavy atom. The van der Waals surface area contributed by atoms with Crippen LogP contribution in [0.2, 0.25) is 0 Å². The number of benzene rings is 1. The van der Waals surface area contributed by atoms with Gasteiger partial charge in [0.15, 0.2) is 0 Å². The summed E-state index contributed by atoms with van der Waals surface area (Å²) in [4.78, 5) is 11.5. The molecular formula is C12H12F4N2O4S. The van der Waals surface area contributed by atoms with Crippen LogP contribution in [0.15, 0.2) is 23.1 Å². The van der Waals surface area contributed by atoms with Gasteiger partial charge in [0.25, 0.3) is 9.84 Å². The van der Waals surface area contributed by atoms with Crippen LogP contribution in [0.3, 0.4) is 0 Å². The summed E-state index contributed by atoms with van der Waals surface area (Å²) in [6.07, 6.45) is -0.853. The molecule has 0 spiro atoms. The fourth-order valence-corrected chi connectivity index (χ4v) is 2.74. The number of carbonyl (C=O) groups is 1. The molecule has 0 saturated carbocycles. The van der Waals surface area contributed by atoms with E-state index >= 15 is 0 Å². The Bertz CT molecular complexity index is 700. The molecule has 1 amide bonds. The number of carbonyl (C=O) groups excluding carboxylic acids is 1. The van der Waals surface area contributed by atoms with Gasteiger partial charge in [0.1, 0.15) is 16.5 Å². The third-order valence-corrected chi connectivity index (χ3v) is 4.58. The van der Waals surface area contributed by atoms with Crippen molar-refractivity contribution < 1.29 is 35.5 Å². The third kappa shape index (κ3) is 3.72. The van der Waals surface area contributed by atoms with Crippen molar-refractivity contribution in [1.82, 2.24) is 10.2 Å². The molecule has 1 aliphatic rings. The Morgan fingerprint density at radius 1 is 1.22 bits per heavy atom. The Morgan fingerprint density at radius 3 is 2.39 bits per heavy atom. The van der Waals surface area contributed by atoms with Crippen molar-refractivity contribution in [3.8, 4) is 5.75 Å². The van der Waals surface area contributed by atoms with Crippen LogP contribution >= 0.6 is 0 Å². The second-order valence-corrected chi connectivity index (χ2v) is 6.56. The zero-order valence-corrected chi connectivity index (χ0v) is 12.4. The molecule has 23 heavy (non-hydrogen) atoms. The standard InChI is InChI=1S/C12H12F4N2O4S/c13-9-2-1-8(7-10(9)23(20,21)12(14,15)16)22-11(19)18-5-3-17-4-6-18/h1-2,7,17H,3-6H2. The van der Waals surface area contributed by atoms with Gasteiger partial charge in [0, 0.05) is 32.2 Å². The van der Waals surface area contributed by atoms with E-state index in [1.165, 1.54) is 4.90 Å². The lowest BCUT2D eigenvalue weighted by Gasteiger charge is -2.26. The van der Waals surface area contributed by atoms with Gasteiger partial charge in [-0.1, -0.05) is 0 Å². The minimum atomic E-state index is -5.88. The van der Waals surface area contributed by atoms with Gasteiger partial charge >= 0.3 is 11.6 Å². The Kier molecular flexibility index (Phi) is 4.80. The summed E-state index contributed by atoms with van der Waals surface area (Å²) in [6, 6.07) is 1.72. The normalized spacial score (nSPS) is 16.3. The van der Waals surface area contributed by atoms with E-state index in [0.717, 1.165) is 6.07 Å². The molecule has 128 valence electrons. The van der Waals surface area contributed by atoms with E-state index < -0.39 is 37.9 Å². The smallest absolute Gasteiger partial charge is 0.410 e. The summed E-state index contributed by atoms with van der Waals surface area (Å²) >= 11 is 0. The van der Waals surface area contributed by atoms with E-state index in [1.54, 1.807) is 0 Å². The first-order chi connectivity index (χ1) is 10.6. The number of halogens is 4. The van der Waals surface area contributed by atoms with Gasteiger partial charge in [-0.15, -0.1) is 0 Å². The Balaban J connectivity index is 2.25. The minimum absolute atomic E-state index is 0.327. The van der Waals surface area contributed by atoms with Gasteiger partial charge in [-0.25, -0.2) is 17.6 Å². The number of ether oxygens (including phenoxy) is 1. The topological polar surface area (TPSA) is 75.7 Å². The van der Waals surface area contributed by atoms with E-state index in [2.05, 4.69) is 5.32 Å². The third-order valence-electron chi connectivity index (χ3n) is 3.08. The molecule has 0 radical (unpaired) electrons. The van der Waals surface area contributed by atoms with Gasteiger partial charge in [-0.05, 0) is 12.1 Å². The van der Waals surface area contributed by atoms with Gasteiger partial charge in [0.05, 0.1) is 0 Å². The zero-order chi connectivity index (χ0) is 17.3. The average molecular weight is 356 g/mol. The molecule has 2 rings (SSSR count). The van der Waals surface area contributed by atoms with E-state index in [0.29, 0.717) is 38.3 Å². The molecule has 11 heteroatoms. The number of rotatable bonds is 2. The lowest BCUT2D eigenvalue weighted by molar-refractivity contribution is -0.0437. The highest BCUT2D eigenvalue weighted by molar-refractivity contribution is 7.92. The number of alkyl halides is 3. The number of piperazine rings is 1. The van der Waals surface area contributed by atoms with Crippen molar-refractivity contribution in [3.05, 3.63) is 24.0 Å². The summed E-state index contributed by atoms with van der Waals surface area (Å²) in [5.74, 6) is -2.07. The maximum absolute atomic E-state index is 13.4. The molecule has 1 aromatic carbocycles. The van der Waals surface area contributed by atoms with Crippen molar-refractivity contribution in [1.29, 1.82) is 0 Å². The summed E-state index contributed by atoms with van der Waals surface area (Å²) in [7, 11) is -5.88. The molecule has 0 bridgehead atoms. The van der Waals surface area contributed by atoms with Crippen LogP contribution in [0, 0.1) is 5.82 Å². The average Bonchev–Trinajstić information content (AvgIpc) is 2.48. The second kappa shape index (κ2) is 6.32. The Hall–Kier alpha value is -1.88. The molecule has 1 saturated heterocycles. The van der Waals surface area contributed by atoms with Gasteiger partial charge in [0.2, 0.25) is 0 Å². The molecule has 1 heterocycles. The van der Waals surface area contributed by atoms with Crippen molar-refractivity contribution in [3.63, 3.8) is 0 Å². The molecular weight excluding hydrogens is 344 g/mol. The number of hydrogen-bond acceptors (Lipinski definition) is 5. The number of nitrogens with one attached hydrogen (secondary N) is 1. The number of sulfone groups is 1. The molecule has 6 nitrogen and oxygen atoms in total. The second-order valence-electron chi connectivity index (χ2n) is 4.65. The quantitative estimate of drug-likeness (QED) is 0.814. The highest BCUT2D eigenvalue weighted by Crippen LogP contribution is 2.33. The van der Waals surface area contributed by atoms with E-state index in [4.69, 9.17) is 4.74 Å². The number of nitrogens with zero attached hydrogens (tertiary/aromatic N) is 1. The molecule has 0 atom stereocenters. The van der Waals surface area contributed by atoms with Crippen LogP contribution in [-0.2, 0) is 9.84 Å². The molecule has 1 aromatic rings. The van der Waals surface area contributed by atoms with Crippen LogP contribution in [0.4, 0.5) is 22.4 Å². The van der Waals surface area contributed by atoms with Crippen molar-refractivity contribution >= 4 is 15.9 Å². The number of hydrogen-bond donors (Lipinski definition) is 1. The van der Waals surface area contributed by atoms with Gasteiger partial charge in [-0.2, -0.15) is 13.2 Å². The van der Waals surface area contributed by atoms with Crippen molar-refractivity contribution in [2.75, 3.05) is 26.2 Å². The van der Waals surface area contributed by atoms with E-state index in [1.807, 2.05) is 0 Å². The first-order valence-electron chi connectivity index (χ1n) is 6.41. The highest BCUT2D eigenvalue weighted by atomic mass is 32.2. The van der Waals surface area contributed by atoms with Crippen LogP contribution in [0.25, 0.3) is 0 Å². The summed E-state index contributed by atoms with van der Waals surface area (Å²) < 4.78 is 78.4. The van der Waals surface area contributed by atoms with E-state index in [-0.39, 0.29) is 0 Å². The maximum atomic E-state index is 13.4. The van der Waals surface area contributed by atoms with Gasteiger partial charge < -0.3 is 15.0 Å². The van der Waals surface area contributed by atoms with Crippen LogP contribution in [0.1, 0.15) is 0 Å². The molecule has 1 N–H and O–H groups in total. The van der Waals surface area contributed by atoms with Crippen LogP contribution in [-0.4, -0.2) is 51.1 Å². The lowest BCUT2D eigenvalue weighted by Crippen LogP contribution is -2.47. The summed E-state index contributed by atoms with van der Waals surface area (Å²) in [5, 5.41) is 2.98. The van der Waals surface area contributed by atoms with Crippen molar-refractivity contribution in [2.24, 2.45) is 0 Å². The largest absolute Gasteiger partial charge is 0.502 e. The molecule has 0 aliphatic carbocycles. The monoisotopic (exact) mass is 356 g/mol. The molecule has 1 aliphatic heterocycles. The van der Waals surface area contributed by atoms with Crippen LogP contribution < -0.4 is 10.1 Å². The van der Waals surface area contributed by atoms with Crippen molar-refractivity contribution in [2.45, 2.75) is 10.4 Å². The Labute approximate surface area is 128 Å². The SMILES string of the molecule is O=C(Oc1ccc(F)c(S(=O)(=O)C(F)(F)F)c1)N1CCNCC1. The maximum Gasteiger partial charge on any atom is 0.502 e. The minimum Gasteiger partial charge on any atom is -0.410 e. The summed E-state index contributed by atoms with van der Waals surface area (Å²) in [6.45, 7) is 1.69. The lowest BCUT2D eigenvalue weighted by atomic mass is 10.3. The fraction of sp³-hybridized carbons (Fsp3) is 0.417. The molecule has 1 fully saturated rings. The fourth-order valence-electron chi connectivity index (χ4n) is 1.89.